The normalized spacial score (nSPS) is 10.0. The van der Waals surface area contributed by atoms with Crippen molar-refractivity contribution in [3.05, 3.63) is 34.9 Å². The first-order valence-electron chi connectivity index (χ1n) is 4.43. The fraction of sp³-hybridized carbons (Fsp3) is 0.364. The van der Waals surface area contributed by atoms with Crippen LogP contribution >= 0.6 is 0 Å². The molecule has 2 nitrogen and oxygen atoms in total. The summed E-state index contributed by atoms with van der Waals surface area (Å²) in [5, 5.41) is 0. The van der Waals surface area contributed by atoms with Crippen molar-refractivity contribution in [2.45, 2.75) is 26.7 Å². The molecule has 0 bridgehead atoms. The Bertz CT molecular complexity index is 298. The molecule has 1 rings (SSSR count). The number of hydrogen-bond acceptors (Lipinski definition) is 1. The second-order valence-corrected chi connectivity index (χ2v) is 3.46. The first-order valence-corrected chi connectivity index (χ1v) is 4.43. The van der Waals surface area contributed by atoms with Gasteiger partial charge in [0.25, 0.3) is 0 Å². The van der Waals surface area contributed by atoms with Gasteiger partial charge in [-0.3, -0.25) is 4.79 Å². The summed E-state index contributed by atoms with van der Waals surface area (Å²) in [6.07, 6.45) is 1.18. The highest BCUT2D eigenvalue weighted by Crippen LogP contribution is 2.10. The molecule has 0 saturated heterocycles. The van der Waals surface area contributed by atoms with E-state index in [0.29, 0.717) is 6.42 Å². The van der Waals surface area contributed by atoms with Crippen LogP contribution in [0.4, 0.5) is 0 Å². The SMILES string of the molecule is Cc1cc(C)cc(CCC(N)=O)c1. The lowest BCUT2D eigenvalue weighted by Crippen LogP contribution is -2.11. The molecule has 0 heterocycles. The Morgan fingerprint density at radius 2 is 1.77 bits per heavy atom. The number of carbonyl (C=O) groups excluding carboxylic acids is 1. The quantitative estimate of drug-likeness (QED) is 0.750. The number of benzene rings is 1. The molecular weight excluding hydrogens is 162 g/mol. The molecule has 0 aromatic heterocycles. The summed E-state index contributed by atoms with van der Waals surface area (Å²) >= 11 is 0. The molecule has 1 aromatic carbocycles. The lowest BCUT2D eigenvalue weighted by atomic mass is 10.0. The summed E-state index contributed by atoms with van der Waals surface area (Å²) in [5.74, 6) is -0.237. The molecular formula is C11H15NO. The van der Waals surface area contributed by atoms with Crippen LogP contribution in [0, 0.1) is 13.8 Å². The number of primary amides is 1. The largest absolute Gasteiger partial charge is 0.370 e. The number of hydrogen-bond donors (Lipinski definition) is 1. The maximum Gasteiger partial charge on any atom is 0.217 e. The van der Waals surface area contributed by atoms with Crippen LogP contribution in [0.1, 0.15) is 23.1 Å². The molecule has 1 aromatic rings. The van der Waals surface area contributed by atoms with E-state index in [2.05, 4.69) is 32.0 Å². The van der Waals surface area contributed by atoms with Crippen LogP contribution in [0.2, 0.25) is 0 Å². The smallest absolute Gasteiger partial charge is 0.217 e. The summed E-state index contributed by atoms with van der Waals surface area (Å²) in [6.45, 7) is 4.11. The van der Waals surface area contributed by atoms with Gasteiger partial charge in [-0.2, -0.15) is 0 Å². The zero-order chi connectivity index (χ0) is 9.84. The standard InChI is InChI=1S/C11H15NO/c1-8-5-9(2)7-10(6-8)3-4-11(12)13/h5-7H,3-4H2,1-2H3,(H2,12,13). The van der Waals surface area contributed by atoms with Crippen LogP contribution in [-0.4, -0.2) is 5.91 Å². The zero-order valence-electron chi connectivity index (χ0n) is 8.13. The molecule has 0 saturated carbocycles. The molecule has 0 fully saturated rings. The third-order valence-corrected chi connectivity index (χ3v) is 1.94. The van der Waals surface area contributed by atoms with E-state index in [9.17, 15) is 4.79 Å². The van der Waals surface area contributed by atoms with Gasteiger partial charge in [0.2, 0.25) is 5.91 Å². The monoisotopic (exact) mass is 177 g/mol. The van der Waals surface area contributed by atoms with Crippen LogP contribution in [0.15, 0.2) is 18.2 Å². The lowest BCUT2D eigenvalue weighted by molar-refractivity contribution is -0.117. The van der Waals surface area contributed by atoms with E-state index < -0.39 is 0 Å². The maximum atomic E-state index is 10.6. The first-order chi connectivity index (χ1) is 6.08. The summed E-state index contributed by atoms with van der Waals surface area (Å²) < 4.78 is 0. The van der Waals surface area contributed by atoms with Gasteiger partial charge in [0, 0.05) is 6.42 Å². The molecule has 0 aliphatic heterocycles. The minimum absolute atomic E-state index is 0.237. The van der Waals surface area contributed by atoms with Crippen LogP contribution in [0.5, 0.6) is 0 Å². The minimum Gasteiger partial charge on any atom is -0.370 e. The molecule has 0 atom stereocenters. The number of nitrogens with two attached hydrogens (primary N) is 1. The van der Waals surface area contributed by atoms with Crippen LogP contribution in [0.25, 0.3) is 0 Å². The highest BCUT2D eigenvalue weighted by Gasteiger charge is 1.98. The molecule has 13 heavy (non-hydrogen) atoms. The van der Waals surface area contributed by atoms with Crippen molar-refractivity contribution in [2.24, 2.45) is 5.73 Å². The summed E-state index contributed by atoms with van der Waals surface area (Å²) in [6, 6.07) is 6.31. The molecule has 2 N–H and O–H groups in total. The van der Waals surface area contributed by atoms with Gasteiger partial charge in [-0.05, 0) is 25.8 Å². The predicted octanol–water partition coefficient (Wildman–Crippen LogP) is 1.72. The fourth-order valence-corrected chi connectivity index (χ4v) is 1.48. The van der Waals surface area contributed by atoms with Gasteiger partial charge in [-0.25, -0.2) is 0 Å². The average molecular weight is 177 g/mol. The van der Waals surface area contributed by atoms with E-state index in [-0.39, 0.29) is 5.91 Å². The number of aryl methyl sites for hydroxylation is 3. The summed E-state index contributed by atoms with van der Waals surface area (Å²) in [5.41, 5.74) is 8.74. The van der Waals surface area contributed by atoms with E-state index in [1.165, 1.54) is 16.7 Å². The number of amides is 1. The highest BCUT2D eigenvalue weighted by molar-refractivity contribution is 5.74. The van der Waals surface area contributed by atoms with Gasteiger partial charge in [-0.15, -0.1) is 0 Å². The second-order valence-electron chi connectivity index (χ2n) is 3.46. The number of carbonyl (C=O) groups is 1. The Balaban J connectivity index is 2.71. The topological polar surface area (TPSA) is 43.1 Å². The van der Waals surface area contributed by atoms with Crippen LogP contribution < -0.4 is 5.73 Å². The zero-order valence-corrected chi connectivity index (χ0v) is 8.13. The molecule has 2 heteroatoms. The van der Waals surface area contributed by atoms with Gasteiger partial charge < -0.3 is 5.73 Å². The van der Waals surface area contributed by atoms with E-state index in [0.717, 1.165) is 6.42 Å². The summed E-state index contributed by atoms with van der Waals surface area (Å²) in [4.78, 5) is 10.6. The van der Waals surface area contributed by atoms with Gasteiger partial charge >= 0.3 is 0 Å². The van der Waals surface area contributed by atoms with Crippen molar-refractivity contribution in [3.8, 4) is 0 Å². The Kier molecular flexibility index (Phi) is 3.07. The van der Waals surface area contributed by atoms with Crippen molar-refractivity contribution in [1.82, 2.24) is 0 Å². The molecule has 0 unspecified atom stereocenters. The Hall–Kier alpha value is -1.31. The molecule has 0 radical (unpaired) electrons. The van der Waals surface area contributed by atoms with Gasteiger partial charge in [0.15, 0.2) is 0 Å². The van der Waals surface area contributed by atoms with Gasteiger partial charge in [-0.1, -0.05) is 29.3 Å². The Morgan fingerprint density at radius 1 is 1.23 bits per heavy atom. The predicted molar refractivity (Wildman–Crippen MR) is 53.4 cm³/mol. The Labute approximate surface area is 78.8 Å². The van der Waals surface area contributed by atoms with Crippen LogP contribution in [0.3, 0.4) is 0 Å². The summed E-state index contributed by atoms with van der Waals surface area (Å²) in [7, 11) is 0. The molecule has 0 spiro atoms. The highest BCUT2D eigenvalue weighted by atomic mass is 16.1. The van der Waals surface area contributed by atoms with Crippen molar-refractivity contribution >= 4 is 5.91 Å². The fourth-order valence-electron chi connectivity index (χ4n) is 1.48. The van der Waals surface area contributed by atoms with Crippen LogP contribution in [-0.2, 0) is 11.2 Å². The van der Waals surface area contributed by atoms with E-state index >= 15 is 0 Å². The van der Waals surface area contributed by atoms with Gasteiger partial charge in [0.05, 0.1) is 0 Å². The van der Waals surface area contributed by atoms with Crippen molar-refractivity contribution in [2.75, 3.05) is 0 Å². The van der Waals surface area contributed by atoms with E-state index in [1.807, 2.05) is 0 Å². The average Bonchev–Trinajstić information content (AvgIpc) is 1.99. The molecule has 0 aliphatic carbocycles. The third kappa shape index (κ3) is 3.28. The van der Waals surface area contributed by atoms with Crippen molar-refractivity contribution < 1.29 is 4.79 Å². The van der Waals surface area contributed by atoms with E-state index in [1.54, 1.807) is 0 Å². The Morgan fingerprint density at radius 3 is 2.23 bits per heavy atom. The third-order valence-electron chi connectivity index (χ3n) is 1.94. The van der Waals surface area contributed by atoms with Crippen molar-refractivity contribution in [3.63, 3.8) is 0 Å². The van der Waals surface area contributed by atoms with E-state index in [4.69, 9.17) is 5.73 Å². The maximum absolute atomic E-state index is 10.6. The molecule has 1 amide bonds. The lowest BCUT2D eigenvalue weighted by Gasteiger charge is -2.02. The second kappa shape index (κ2) is 4.08. The molecule has 0 aliphatic rings. The van der Waals surface area contributed by atoms with Crippen molar-refractivity contribution in [1.29, 1.82) is 0 Å². The number of rotatable bonds is 3. The van der Waals surface area contributed by atoms with Gasteiger partial charge in [0.1, 0.15) is 0 Å². The minimum atomic E-state index is -0.237. The first kappa shape index (κ1) is 9.78. The molecule has 70 valence electrons.